The minimum absolute atomic E-state index is 0.0327. The molecule has 4 fully saturated rings. The number of hydrogen-bond acceptors (Lipinski definition) is 7. The maximum atomic E-state index is 12.8. The van der Waals surface area contributed by atoms with Crippen LogP contribution in [0.2, 0.25) is 0 Å². The Hall–Kier alpha value is -3.27. The molecule has 0 unspecified atom stereocenters. The average Bonchev–Trinajstić information content (AvgIpc) is 2.86. The van der Waals surface area contributed by atoms with Crippen LogP contribution in [-0.4, -0.2) is 45.7 Å². The molecule has 0 saturated heterocycles. The third kappa shape index (κ3) is 4.99. The van der Waals surface area contributed by atoms with Crippen molar-refractivity contribution in [2.24, 2.45) is 17.8 Å². The van der Waals surface area contributed by atoms with Crippen molar-refractivity contribution in [3.63, 3.8) is 0 Å². The van der Waals surface area contributed by atoms with E-state index in [0.717, 1.165) is 19.3 Å². The van der Waals surface area contributed by atoms with Crippen molar-refractivity contribution in [2.75, 3.05) is 24.5 Å². The number of fused-ring (bicyclic) bond motifs is 1. The normalized spacial score (nSPS) is 27.4. The van der Waals surface area contributed by atoms with Crippen LogP contribution in [0.5, 0.6) is 11.5 Å². The SMILES string of the molecule is O=C(COC(=O)c1ccc(NS(=O)(=O)c2ccc3c(c2)OCCO3)cc1)NC12CC3CC(CC(C3)C1)C2. The standard InChI is InChI=1S/C27H30N2O7S/c30-25(28-27-13-17-9-18(14-27)11-19(10-17)15-27)16-36-26(31)20-1-3-21(4-2-20)29-37(32,33)22-5-6-23-24(12-22)35-8-7-34-23/h1-6,12,17-19,29H,7-11,13-16H2,(H,28,30). The van der Waals surface area contributed by atoms with Gasteiger partial charge in [0.05, 0.1) is 10.5 Å². The highest BCUT2D eigenvalue weighted by molar-refractivity contribution is 7.92. The highest BCUT2D eigenvalue weighted by Crippen LogP contribution is 2.55. The highest BCUT2D eigenvalue weighted by Gasteiger charge is 2.51. The van der Waals surface area contributed by atoms with Gasteiger partial charge in [0, 0.05) is 17.3 Å². The summed E-state index contributed by atoms with van der Waals surface area (Å²) in [5.41, 5.74) is 0.379. The molecule has 2 aromatic carbocycles. The van der Waals surface area contributed by atoms with Gasteiger partial charge in [-0.15, -0.1) is 0 Å². The molecule has 37 heavy (non-hydrogen) atoms. The highest BCUT2D eigenvalue weighted by atomic mass is 32.2. The summed E-state index contributed by atoms with van der Waals surface area (Å²) in [6.07, 6.45) is 6.94. The number of carbonyl (C=O) groups excluding carboxylic acids is 2. The number of rotatable bonds is 7. The Morgan fingerprint density at radius 3 is 2.16 bits per heavy atom. The number of nitrogens with one attached hydrogen (secondary N) is 2. The molecule has 0 radical (unpaired) electrons. The lowest BCUT2D eigenvalue weighted by Crippen LogP contribution is -2.60. The van der Waals surface area contributed by atoms with Crippen molar-refractivity contribution in [2.45, 2.75) is 49.0 Å². The van der Waals surface area contributed by atoms with E-state index in [2.05, 4.69) is 10.0 Å². The molecule has 4 saturated carbocycles. The van der Waals surface area contributed by atoms with E-state index in [1.54, 1.807) is 6.07 Å². The van der Waals surface area contributed by atoms with Gasteiger partial charge in [-0.1, -0.05) is 0 Å². The first-order valence-electron chi connectivity index (χ1n) is 12.8. The Kier molecular flexibility index (Phi) is 6.01. The number of hydrogen-bond donors (Lipinski definition) is 2. The monoisotopic (exact) mass is 526 g/mol. The van der Waals surface area contributed by atoms with Crippen LogP contribution in [-0.2, 0) is 19.6 Å². The number of anilines is 1. The van der Waals surface area contributed by atoms with Gasteiger partial charge < -0.3 is 19.5 Å². The van der Waals surface area contributed by atoms with E-state index in [1.165, 1.54) is 55.7 Å². The first kappa shape index (κ1) is 24.1. The third-order valence-electron chi connectivity index (χ3n) is 7.97. The van der Waals surface area contributed by atoms with Crippen LogP contribution in [0.25, 0.3) is 0 Å². The summed E-state index contributed by atoms with van der Waals surface area (Å²) in [7, 11) is -3.88. The fourth-order valence-corrected chi connectivity index (χ4v) is 7.96. The molecule has 0 spiro atoms. The average molecular weight is 527 g/mol. The smallest absolute Gasteiger partial charge is 0.338 e. The van der Waals surface area contributed by atoms with Crippen LogP contribution < -0.4 is 19.5 Å². The zero-order chi connectivity index (χ0) is 25.6. The molecule has 1 amide bonds. The number of carbonyl (C=O) groups is 2. The molecule has 10 heteroatoms. The first-order valence-corrected chi connectivity index (χ1v) is 14.3. The summed E-state index contributed by atoms with van der Waals surface area (Å²) in [5.74, 6) is 2.10. The molecule has 5 aliphatic rings. The molecule has 1 aliphatic heterocycles. The molecule has 7 rings (SSSR count). The van der Waals surface area contributed by atoms with Gasteiger partial charge in [0.25, 0.3) is 15.9 Å². The lowest BCUT2D eigenvalue weighted by Gasteiger charge is -2.56. The molecule has 4 aliphatic carbocycles. The van der Waals surface area contributed by atoms with E-state index in [9.17, 15) is 18.0 Å². The van der Waals surface area contributed by atoms with Gasteiger partial charge in [0.15, 0.2) is 18.1 Å². The van der Waals surface area contributed by atoms with Crippen molar-refractivity contribution in [1.82, 2.24) is 5.32 Å². The minimum atomic E-state index is -3.88. The lowest BCUT2D eigenvalue weighted by molar-refractivity contribution is -0.130. The third-order valence-corrected chi connectivity index (χ3v) is 9.35. The summed E-state index contributed by atoms with van der Waals surface area (Å²) >= 11 is 0. The zero-order valence-corrected chi connectivity index (χ0v) is 21.2. The van der Waals surface area contributed by atoms with Crippen LogP contribution in [0.1, 0.15) is 48.9 Å². The van der Waals surface area contributed by atoms with E-state index >= 15 is 0 Å². The number of benzene rings is 2. The van der Waals surface area contributed by atoms with Gasteiger partial charge >= 0.3 is 5.97 Å². The minimum Gasteiger partial charge on any atom is -0.486 e. The molecule has 2 aromatic rings. The molecule has 0 aromatic heterocycles. The summed E-state index contributed by atoms with van der Waals surface area (Å²) < 4.78 is 44.2. The van der Waals surface area contributed by atoms with Crippen LogP contribution >= 0.6 is 0 Å². The largest absolute Gasteiger partial charge is 0.486 e. The fraction of sp³-hybridized carbons (Fsp3) is 0.481. The molecule has 1 heterocycles. The molecule has 9 nitrogen and oxygen atoms in total. The van der Waals surface area contributed by atoms with Crippen molar-refractivity contribution in [3.8, 4) is 11.5 Å². The second-order valence-corrected chi connectivity index (χ2v) is 12.5. The molecular weight excluding hydrogens is 496 g/mol. The van der Waals surface area contributed by atoms with Crippen molar-refractivity contribution in [1.29, 1.82) is 0 Å². The van der Waals surface area contributed by atoms with Gasteiger partial charge in [0.2, 0.25) is 0 Å². The van der Waals surface area contributed by atoms with Gasteiger partial charge in [-0.05, 0) is 92.7 Å². The topological polar surface area (TPSA) is 120 Å². The van der Waals surface area contributed by atoms with Crippen molar-refractivity contribution >= 4 is 27.6 Å². The van der Waals surface area contributed by atoms with Gasteiger partial charge in [-0.25, -0.2) is 13.2 Å². The van der Waals surface area contributed by atoms with Crippen LogP contribution in [0, 0.1) is 17.8 Å². The van der Waals surface area contributed by atoms with Crippen LogP contribution in [0.3, 0.4) is 0 Å². The Morgan fingerprint density at radius 1 is 0.892 bits per heavy atom. The lowest BCUT2D eigenvalue weighted by atomic mass is 9.53. The van der Waals surface area contributed by atoms with Crippen LogP contribution in [0.15, 0.2) is 47.4 Å². The molecule has 4 bridgehead atoms. The predicted molar refractivity (Wildman–Crippen MR) is 134 cm³/mol. The van der Waals surface area contributed by atoms with Gasteiger partial charge in [-0.3, -0.25) is 9.52 Å². The van der Waals surface area contributed by atoms with E-state index in [4.69, 9.17) is 14.2 Å². The van der Waals surface area contributed by atoms with E-state index in [0.29, 0.717) is 42.5 Å². The van der Waals surface area contributed by atoms with E-state index in [1.807, 2.05) is 0 Å². The zero-order valence-electron chi connectivity index (χ0n) is 20.4. The second-order valence-electron chi connectivity index (χ2n) is 10.8. The number of ether oxygens (including phenoxy) is 3. The Bertz CT molecular complexity index is 1290. The van der Waals surface area contributed by atoms with E-state index in [-0.39, 0.29) is 34.2 Å². The summed E-state index contributed by atoms with van der Waals surface area (Å²) in [6.45, 7) is 0.434. The number of amides is 1. The number of sulfonamides is 1. The number of esters is 1. The maximum Gasteiger partial charge on any atom is 0.338 e. The Morgan fingerprint density at radius 2 is 1.51 bits per heavy atom. The fourth-order valence-electron chi connectivity index (χ4n) is 6.89. The molecular formula is C27H30N2O7S. The molecule has 0 atom stereocenters. The molecule has 196 valence electrons. The molecule has 2 N–H and O–H groups in total. The van der Waals surface area contributed by atoms with Crippen molar-refractivity contribution < 1.29 is 32.2 Å². The predicted octanol–water partition coefficient (Wildman–Crippen LogP) is 3.50. The Balaban J connectivity index is 1.03. The quantitative estimate of drug-likeness (QED) is 0.530. The summed E-state index contributed by atoms with van der Waals surface area (Å²) in [6, 6.07) is 10.3. The summed E-state index contributed by atoms with van der Waals surface area (Å²) in [5, 5.41) is 3.19. The van der Waals surface area contributed by atoms with Crippen LogP contribution in [0.4, 0.5) is 5.69 Å². The van der Waals surface area contributed by atoms with E-state index < -0.39 is 16.0 Å². The Labute approximate surface area is 215 Å². The van der Waals surface area contributed by atoms with Gasteiger partial charge in [-0.2, -0.15) is 0 Å². The van der Waals surface area contributed by atoms with Gasteiger partial charge in [0.1, 0.15) is 13.2 Å². The summed E-state index contributed by atoms with van der Waals surface area (Å²) in [4.78, 5) is 25.2. The maximum absolute atomic E-state index is 12.8. The second kappa shape index (κ2) is 9.24. The van der Waals surface area contributed by atoms with Crippen molar-refractivity contribution in [3.05, 3.63) is 48.0 Å². The first-order chi connectivity index (χ1) is 17.8.